The van der Waals surface area contributed by atoms with Gasteiger partial charge in [0.05, 0.1) is 0 Å². The second-order valence-electron chi connectivity index (χ2n) is 3.27. The number of benzene rings is 1. The topological polar surface area (TPSA) is 34.1 Å². The van der Waals surface area contributed by atoms with Crippen LogP contribution < -0.4 is 0 Å². The molecule has 0 amide bonds. The summed E-state index contributed by atoms with van der Waals surface area (Å²) in [5.74, 6) is 0.00310. The van der Waals surface area contributed by atoms with Crippen LogP contribution in [0.3, 0.4) is 0 Å². The molecule has 0 saturated carbocycles. The van der Waals surface area contributed by atoms with Crippen molar-refractivity contribution >= 4 is 11.6 Å². The molecule has 2 heteroatoms. The minimum Gasteiger partial charge on any atom is -0.294 e. The van der Waals surface area contributed by atoms with E-state index in [1.165, 1.54) is 6.92 Å². The monoisotopic (exact) mass is 190 g/mol. The van der Waals surface area contributed by atoms with Crippen molar-refractivity contribution in [1.82, 2.24) is 0 Å². The molecule has 1 aromatic carbocycles. The van der Waals surface area contributed by atoms with E-state index in [4.69, 9.17) is 0 Å². The summed E-state index contributed by atoms with van der Waals surface area (Å²) in [6, 6.07) is 6.98. The van der Waals surface area contributed by atoms with Crippen LogP contribution in [-0.4, -0.2) is 11.6 Å². The molecule has 0 N–H and O–H groups in total. The molecule has 0 aromatic heterocycles. The first kappa shape index (κ1) is 10.6. The Kier molecular flexibility index (Phi) is 3.57. The molecule has 1 rings (SSSR count). The van der Waals surface area contributed by atoms with E-state index in [0.717, 1.165) is 6.42 Å². The Morgan fingerprint density at radius 1 is 1.14 bits per heavy atom. The molecular weight excluding hydrogens is 176 g/mol. The van der Waals surface area contributed by atoms with Gasteiger partial charge in [-0.1, -0.05) is 31.2 Å². The molecule has 0 atom stereocenters. The van der Waals surface area contributed by atoms with Crippen molar-refractivity contribution in [2.24, 2.45) is 0 Å². The van der Waals surface area contributed by atoms with Crippen molar-refractivity contribution in [3.63, 3.8) is 0 Å². The fraction of sp³-hybridized carbons (Fsp3) is 0.333. The lowest BCUT2D eigenvalue weighted by Gasteiger charge is -2.04. The van der Waals surface area contributed by atoms with E-state index in [-0.39, 0.29) is 11.6 Å². The Balaban J connectivity index is 3.07. The number of hydrogen-bond donors (Lipinski definition) is 0. The van der Waals surface area contributed by atoms with Crippen LogP contribution in [0.2, 0.25) is 0 Å². The highest BCUT2D eigenvalue weighted by atomic mass is 16.1. The maximum Gasteiger partial charge on any atom is 0.163 e. The van der Waals surface area contributed by atoms with Gasteiger partial charge in [0.25, 0.3) is 0 Å². The summed E-state index contributed by atoms with van der Waals surface area (Å²) in [5.41, 5.74) is 1.09. The normalized spacial score (nSPS) is 9.86. The predicted molar refractivity (Wildman–Crippen MR) is 55.7 cm³/mol. The molecule has 14 heavy (non-hydrogen) atoms. The van der Waals surface area contributed by atoms with Gasteiger partial charge in [-0.3, -0.25) is 9.59 Å². The van der Waals surface area contributed by atoms with Gasteiger partial charge in [-0.2, -0.15) is 0 Å². The number of Topliss-reactive ketones (excluding diaryl/α,β-unsaturated/α-hetero) is 2. The largest absolute Gasteiger partial charge is 0.294 e. The highest BCUT2D eigenvalue weighted by Gasteiger charge is 2.12. The molecule has 1 aromatic rings. The van der Waals surface area contributed by atoms with Crippen molar-refractivity contribution < 1.29 is 9.59 Å². The van der Waals surface area contributed by atoms with Gasteiger partial charge < -0.3 is 0 Å². The Hall–Kier alpha value is -1.44. The SMILES string of the molecule is CCCC(=O)c1ccccc1C(C)=O. The molecule has 0 bridgehead atoms. The molecule has 0 aliphatic heterocycles. The van der Waals surface area contributed by atoms with Crippen LogP contribution in [0.1, 0.15) is 47.4 Å². The Morgan fingerprint density at radius 2 is 1.71 bits per heavy atom. The molecule has 2 nitrogen and oxygen atoms in total. The van der Waals surface area contributed by atoms with E-state index in [1.807, 2.05) is 6.92 Å². The van der Waals surface area contributed by atoms with Gasteiger partial charge in [-0.05, 0) is 13.3 Å². The average Bonchev–Trinajstić information content (AvgIpc) is 2.18. The maximum atomic E-state index is 11.6. The zero-order chi connectivity index (χ0) is 10.6. The van der Waals surface area contributed by atoms with E-state index >= 15 is 0 Å². The third kappa shape index (κ3) is 2.28. The minimum atomic E-state index is -0.0509. The second kappa shape index (κ2) is 4.70. The van der Waals surface area contributed by atoms with Crippen molar-refractivity contribution in [3.8, 4) is 0 Å². The first-order chi connectivity index (χ1) is 6.66. The highest BCUT2D eigenvalue weighted by Crippen LogP contribution is 2.12. The molecule has 0 unspecified atom stereocenters. The number of ketones is 2. The van der Waals surface area contributed by atoms with Crippen LogP contribution in [0.25, 0.3) is 0 Å². The molecule has 0 aliphatic rings. The molecule has 0 spiro atoms. The number of carbonyl (C=O) groups excluding carboxylic acids is 2. The standard InChI is InChI=1S/C12H14O2/c1-3-6-12(14)11-8-5-4-7-10(11)9(2)13/h4-5,7-8H,3,6H2,1-2H3. The third-order valence-corrected chi connectivity index (χ3v) is 2.08. The number of hydrogen-bond acceptors (Lipinski definition) is 2. The fourth-order valence-electron chi connectivity index (χ4n) is 1.40. The summed E-state index contributed by atoms with van der Waals surface area (Å²) in [4.78, 5) is 22.8. The van der Waals surface area contributed by atoms with Crippen LogP contribution in [0, 0.1) is 0 Å². The summed E-state index contributed by atoms with van der Waals surface area (Å²) in [5, 5.41) is 0. The second-order valence-corrected chi connectivity index (χ2v) is 3.27. The van der Waals surface area contributed by atoms with E-state index in [2.05, 4.69) is 0 Å². The van der Waals surface area contributed by atoms with E-state index < -0.39 is 0 Å². The highest BCUT2D eigenvalue weighted by molar-refractivity contribution is 6.07. The summed E-state index contributed by atoms with van der Waals surface area (Å²) >= 11 is 0. The van der Waals surface area contributed by atoms with Crippen molar-refractivity contribution in [3.05, 3.63) is 35.4 Å². The molecular formula is C12H14O2. The van der Waals surface area contributed by atoms with E-state index in [1.54, 1.807) is 24.3 Å². The minimum absolute atomic E-state index is 0.0509. The summed E-state index contributed by atoms with van der Waals surface area (Å²) in [6.45, 7) is 3.44. The van der Waals surface area contributed by atoms with Gasteiger partial charge in [-0.25, -0.2) is 0 Å². The van der Waals surface area contributed by atoms with Crippen molar-refractivity contribution in [2.75, 3.05) is 0 Å². The van der Waals surface area contributed by atoms with Gasteiger partial charge >= 0.3 is 0 Å². The fourth-order valence-corrected chi connectivity index (χ4v) is 1.40. The molecule has 0 saturated heterocycles. The lowest BCUT2D eigenvalue weighted by molar-refractivity contribution is 0.0961. The van der Waals surface area contributed by atoms with Gasteiger partial charge in [0, 0.05) is 17.5 Å². The Bertz CT molecular complexity index is 353. The smallest absolute Gasteiger partial charge is 0.163 e. The van der Waals surface area contributed by atoms with Gasteiger partial charge in [0.2, 0.25) is 0 Å². The zero-order valence-electron chi connectivity index (χ0n) is 8.54. The van der Waals surface area contributed by atoms with Crippen LogP contribution >= 0.6 is 0 Å². The van der Waals surface area contributed by atoms with E-state index in [9.17, 15) is 9.59 Å². The predicted octanol–water partition coefficient (Wildman–Crippen LogP) is 2.87. The van der Waals surface area contributed by atoms with Crippen molar-refractivity contribution in [2.45, 2.75) is 26.7 Å². The summed E-state index contributed by atoms with van der Waals surface area (Å²) < 4.78 is 0. The van der Waals surface area contributed by atoms with Gasteiger partial charge in [-0.15, -0.1) is 0 Å². The lowest BCUT2D eigenvalue weighted by atomic mass is 9.99. The molecule has 0 aliphatic carbocycles. The summed E-state index contributed by atoms with van der Waals surface area (Å²) in [7, 11) is 0. The van der Waals surface area contributed by atoms with Crippen LogP contribution in [-0.2, 0) is 0 Å². The quantitative estimate of drug-likeness (QED) is 0.684. The van der Waals surface area contributed by atoms with Crippen molar-refractivity contribution in [1.29, 1.82) is 0 Å². The zero-order valence-corrected chi connectivity index (χ0v) is 8.54. The van der Waals surface area contributed by atoms with E-state index in [0.29, 0.717) is 17.5 Å². The first-order valence-corrected chi connectivity index (χ1v) is 4.80. The van der Waals surface area contributed by atoms with Crippen LogP contribution in [0.4, 0.5) is 0 Å². The molecule has 0 radical (unpaired) electrons. The van der Waals surface area contributed by atoms with Crippen LogP contribution in [0.5, 0.6) is 0 Å². The molecule has 0 heterocycles. The summed E-state index contributed by atoms with van der Waals surface area (Å²) in [6.07, 6.45) is 1.31. The Labute approximate surface area is 83.9 Å². The number of carbonyl (C=O) groups is 2. The molecule has 74 valence electrons. The number of rotatable bonds is 4. The maximum absolute atomic E-state index is 11.6. The molecule has 0 fully saturated rings. The third-order valence-electron chi connectivity index (χ3n) is 2.08. The van der Waals surface area contributed by atoms with Gasteiger partial charge in [0.15, 0.2) is 11.6 Å². The first-order valence-electron chi connectivity index (χ1n) is 4.80. The van der Waals surface area contributed by atoms with Crippen LogP contribution in [0.15, 0.2) is 24.3 Å². The Morgan fingerprint density at radius 3 is 2.21 bits per heavy atom. The average molecular weight is 190 g/mol. The van der Waals surface area contributed by atoms with Gasteiger partial charge in [0.1, 0.15) is 0 Å². The lowest BCUT2D eigenvalue weighted by Crippen LogP contribution is -2.06.